The topological polar surface area (TPSA) is 71.9 Å². The van der Waals surface area contributed by atoms with Gasteiger partial charge >= 0.3 is 5.97 Å². The lowest BCUT2D eigenvalue weighted by Crippen LogP contribution is -2.41. The zero-order valence-corrected chi connectivity index (χ0v) is 15.8. The number of fused-ring (bicyclic) bond motifs is 2. The predicted molar refractivity (Wildman–Crippen MR) is 101 cm³/mol. The van der Waals surface area contributed by atoms with Gasteiger partial charge in [-0.1, -0.05) is 12.8 Å². The van der Waals surface area contributed by atoms with Gasteiger partial charge < -0.3 is 14.6 Å². The van der Waals surface area contributed by atoms with E-state index in [0.717, 1.165) is 47.0 Å². The number of carboxylic acid groups (broad SMARTS) is 1. The molecule has 1 N–H and O–H groups in total. The minimum absolute atomic E-state index is 0.260. The standard InChI is InChI=1S/C20H22N2O4S/c23-20(24)16-7-12-3-1-2-4-15(12)22(16)9-14-10-27-19(21-14)13-5-6-17-18(8-13)26-11-25-17/h5-6,8,10,12,15-16H,1-4,7,9,11H2,(H,23,24). The average Bonchev–Trinajstić information content (AvgIpc) is 3.40. The Bertz CT molecular complexity index is 867. The SMILES string of the molecule is O=C(O)C1CC2CCCCC2N1Cc1csc(-c2ccc3c(c2)OCO3)n1. The number of carboxylic acids is 1. The van der Waals surface area contributed by atoms with Crippen LogP contribution in [0.15, 0.2) is 23.6 Å². The molecular formula is C20H22N2O4S. The largest absolute Gasteiger partial charge is 0.480 e. The lowest BCUT2D eigenvalue weighted by Gasteiger charge is -2.32. The number of thiazole rings is 1. The molecule has 1 aliphatic carbocycles. The third-order valence-electron chi connectivity index (χ3n) is 6.02. The summed E-state index contributed by atoms with van der Waals surface area (Å²) in [6.07, 6.45) is 5.47. The molecule has 2 fully saturated rings. The van der Waals surface area contributed by atoms with E-state index in [4.69, 9.17) is 14.5 Å². The van der Waals surface area contributed by atoms with Gasteiger partial charge in [-0.3, -0.25) is 9.69 Å². The van der Waals surface area contributed by atoms with Gasteiger partial charge in [0.1, 0.15) is 11.0 Å². The Morgan fingerprint density at radius 3 is 3.00 bits per heavy atom. The van der Waals surface area contributed by atoms with Crippen molar-refractivity contribution in [1.82, 2.24) is 9.88 Å². The van der Waals surface area contributed by atoms with Crippen LogP contribution >= 0.6 is 11.3 Å². The molecule has 1 aromatic carbocycles. The molecule has 1 saturated heterocycles. The number of likely N-dealkylation sites (tertiary alicyclic amines) is 1. The minimum atomic E-state index is -0.698. The van der Waals surface area contributed by atoms with E-state index in [1.807, 2.05) is 18.2 Å². The maximum atomic E-state index is 11.8. The summed E-state index contributed by atoms with van der Waals surface area (Å²) in [7, 11) is 0. The maximum absolute atomic E-state index is 11.8. The van der Waals surface area contributed by atoms with E-state index >= 15 is 0 Å². The summed E-state index contributed by atoms with van der Waals surface area (Å²) in [5.41, 5.74) is 1.95. The van der Waals surface area contributed by atoms with Crippen LogP contribution in [-0.4, -0.2) is 39.8 Å². The van der Waals surface area contributed by atoms with E-state index in [1.54, 1.807) is 11.3 Å². The first-order valence-corrected chi connectivity index (χ1v) is 10.4. The van der Waals surface area contributed by atoms with Crippen LogP contribution in [-0.2, 0) is 11.3 Å². The van der Waals surface area contributed by atoms with Crippen LogP contribution < -0.4 is 9.47 Å². The monoisotopic (exact) mass is 386 g/mol. The number of aliphatic carboxylic acids is 1. The fourth-order valence-electron chi connectivity index (χ4n) is 4.75. The first-order chi connectivity index (χ1) is 13.2. The number of hydrogen-bond acceptors (Lipinski definition) is 6. The van der Waals surface area contributed by atoms with Crippen molar-refractivity contribution in [3.8, 4) is 22.1 Å². The van der Waals surface area contributed by atoms with Crippen molar-refractivity contribution in [2.75, 3.05) is 6.79 Å². The van der Waals surface area contributed by atoms with Crippen LogP contribution in [0.1, 0.15) is 37.8 Å². The molecule has 0 amide bonds. The molecule has 142 valence electrons. The molecule has 2 aromatic rings. The van der Waals surface area contributed by atoms with Crippen LogP contribution in [0.4, 0.5) is 0 Å². The Morgan fingerprint density at radius 1 is 1.26 bits per heavy atom. The van der Waals surface area contributed by atoms with E-state index in [0.29, 0.717) is 18.5 Å². The van der Waals surface area contributed by atoms with Gasteiger partial charge in [0.2, 0.25) is 6.79 Å². The molecule has 5 rings (SSSR count). The van der Waals surface area contributed by atoms with Crippen molar-refractivity contribution < 1.29 is 19.4 Å². The van der Waals surface area contributed by atoms with Crippen molar-refractivity contribution >= 4 is 17.3 Å². The normalized spacial score (nSPS) is 26.9. The summed E-state index contributed by atoms with van der Waals surface area (Å²) >= 11 is 1.59. The molecule has 3 aliphatic rings. The minimum Gasteiger partial charge on any atom is -0.480 e. The highest BCUT2D eigenvalue weighted by atomic mass is 32.1. The molecule has 1 aromatic heterocycles. The second-order valence-corrected chi connectivity index (χ2v) is 8.44. The highest BCUT2D eigenvalue weighted by Gasteiger charge is 2.45. The van der Waals surface area contributed by atoms with Gasteiger partial charge in [0, 0.05) is 23.5 Å². The van der Waals surface area contributed by atoms with Gasteiger partial charge in [-0.2, -0.15) is 0 Å². The summed E-state index contributed by atoms with van der Waals surface area (Å²) in [6.45, 7) is 0.870. The predicted octanol–water partition coefficient (Wildman–Crippen LogP) is 3.76. The van der Waals surface area contributed by atoms with Crippen molar-refractivity contribution in [1.29, 1.82) is 0 Å². The number of carbonyl (C=O) groups is 1. The van der Waals surface area contributed by atoms with Gasteiger partial charge in [-0.05, 0) is 43.4 Å². The smallest absolute Gasteiger partial charge is 0.320 e. The molecule has 2 aliphatic heterocycles. The average molecular weight is 386 g/mol. The van der Waals surface area contributed by atoms with Crippen LogP contribution in [0.2, 0.25) is 0 Å². The lowest BCUT2D eigenvalue weighted by atomic mass is 9.85. The lowest BCUT2D eigenvalue weighted by molar-refractivity contribution is -0.142. The summed E-state index contributed by atoms with van der Waals surface area (Å²) in [6, 6.07) is 5.86. The first-order valence-electron chi connectivity index (χ1n) is 9.52. The van der Waals surface area contributed by atoms with Gasteiger partial charge in [0.25, 0.3) is 0 Å². The molecule has 3 heterocycles. The quantitative estimate of drug-likeness (QED) is 0.863. The maximum Gasteiger partial charge on any atom is 0.320 e. The number of hydrogen-bond donors (Lipinski definition) is 1. The highest BCUT2D eigenvalue weighted by Crippen LogP contribution is 2.41. The zero-order valence-electron chi connectivity index (χ0n) is 15.0. The molecule has 6 nitrogen and oxygen atoms in total. The number of rotatable bonds is 4. The second kappa shape index (κ2) is 6.80. The molecular weight excluding hydrogens is 364 g/mol. The molecule has 0 radical (unpaired) electrons. The number of aromatic nitrogens is 1. The van der Waals surface area contributed by atoms with Crippen LogP contribution in [0.25, 0.3) is 10.6 Å². The molecule has 0 spiro atoms. The summed E-state index contributed by atoms with van der Waals surface area (Å²) < 4.78 is 10.8. The third kappa shape index (κ3) is 3.08. The van der Waals surface area contributed by atoms with E-state index < -0.39 is 5.97 Å². The van der Waals surface area contributed by atoms with E-state index in [9.17, 15) is 9.90 Å². The molecule has 1 saturated carbocycles. The van der Waals surface area contributed by atoms with E-state index in [-0.39, 0.29) is 12.8 Å². The Morgan fingerprint density at radius 2 is 2.11 bits per heavy atom. The van der Waals surface area contributed by atoms with Gasteiger partial charge in [0.05, 0.1) is 5.69 Å². The molecule has 3 unspecified atom stereocenters. The second-order valence-electron chi connectivity index (χ2n) is 7.59. The van der Waals surface area contributed by atoms with Gasteiger partial charge in [-0.25, -0.2) is 4.98 Å². The Labute approximate surface area is 161 Å². The fraction of sp³-hybridized carbons (Fsp3) is 0.500. The summed E-state index contributed by atoms with van der Waals surface area (Å²) in [5.74, 6) is 1.34. The molecule has 0 bridgehead atoms. The van der Waals surface area contributed by atoms with Crippen molar-refractivity contribution in [3.63, 3.8) is 0 Å². The molecule has 3 atom stereocenters. The van der Waals surface area contributed by atoms with Gasteiger partial charge in [-0.15, -0.1) is 11.3 Å². The van der Waals surface area contributed by atoms with Crippen molar-refractivity contribution in [3.05, 3.63) is 29.3 Å². The number of ether oxygens (including phenoxy) is 2. The van der Waals surface area contributed by atoms with Crippen LogP contribution in [0.5, 0.6) is 11.5 Å². The fourth-order valence-corrected chi connectivity index (χ4v) is 5.56. The van der Waals surface area contributed by atoms with E-state index in [1.165, 1.54) is 12.8 Å². The molecule has 7 heteroatoms. The Balaban J connectivity index is 1.37. The zero-order chi connectivity index (χ0) is 18.4. The van der Waals surface area contributed by atoms with Crippen molar-refractivity contribution in [2.24, 2.45) is 5.92 Å². The first kappa shape index (κ1) is 17.0. The number of benzene rings is 1. The summed E-state index contributed by atoms with van der Waals surface area (Å²) in [4.78, 5) is 18.8. The highest BCUT2D eigenvalue weighted by molar-refractivity contribution is 7.13. The molecule has 27 heavy (non-hydrogen) atoms. The Kier molecular flexibility index (Phi) is 4.28. The van der Waals surface area contributed by atoms with E-state index in [2.05, 4.69) is 10.3 Å². The Hall–Kier alpha value is -2.12. The number of nitrogens with zero attached hydrogens (tertiary/aromatic N) is 2. The van der Waals surface area contributed by atoms with Crippen molar-refractivity contribution in [2.45, 2.75) is 50.7 Å². The van der Waals surface area contributed by atoms with Gasteiger partial charge in [0.15, 0.2) is 11.5 Å². The summed E-state index contributed by atoms with van der Waals surface area (Å²) in [5, 5.41) is 12.7. The van der Waals surface area contributed by atoms with Crippen LogP contribution in [0.3, 0.4) is 0 Å². The third-order valence-corrected chi connectivity index (χ3v) is 6.96. The van der Waals surface area contributed by atoms with Crippen LogP contribution in [0, 0.1) is 5.92 Å².